The van der Waals surface area contributed by atoms with Crippen molar-refractivity contribution in [2.24, 2.45) is 0 Å². The van der Waals surface area contributed by atoms with Crippen molar-refractivity contribution in [1.82, 2.24) is 4.31 Å². The average Bonchev–Trinajstić information content (AvgIpc) is 3.20. The van der Waals surface area contributed by atoms with E-state index in [1.807, 2.05) is 0 Å². The Morgan fingerprint density at radius 2 is 2.12 bits per heavy atom. The van der Waals surface area contributed by atoms with Crippen molar-refractivity contribution in [2.45, 2.75) is 31.7 Å². The van der Waals surface area contributed by atoms with Gasteiger partial charge in [0.05, 0.1) is 17.4 Å². The molecule has 6 nitrogen and oxygen atoms in total. The molecule has 1 aromatic heterocycles. The van der Waals surface area contributed by atoms with Crippen LogP contribution in [0.2, 0.25) is 0 Å². The fourth-order valence-corrected chi connectivity index (χ4v) is 4.41. The second-order valence-corrected chi connectivity index (χ2v) is 7.71. The number of sulfonamides is 1. The molecule has 2 heterocycles. The Labute approximate surface area is 141 Å². The van der Waals surface area contributed by atoms with Gasteiger partial charge in [0.15, 0.2) is 0 Å². The van der Waals surface area contributed by atoms with E-state index in [0.717, 1.165) is 17.5 Å². The van der Waals surface area contributed by atoms with Crippen LogP contribution in [-0.4, -0.2) is 31.7 Å². The molecule has 7 heteroatoms. The van der Waals surface area contributed by atoms with E-state index in [1.165, 1.54) is 17.5 Å². The molecule has 0 bridgehead atoms. The molecule has 1 aromatic carbocycles. The molecule has 0 aliphatic carbocycles. The maximum Gasteiger partial charge on any atom is 0.243 e. The number of rotatable bonds is 5. The van der Waals surface area contributed by atoms with Crippen LogP contribution >= 0.6 is 0 Å². The summed E-state index contributed by atoms with van der Waals surface area (Å²) in [6, 6.07) is 6.78. The van der Waals surface area contributed by atoms with Crippen molar-refractivity contribution in [3.63, 3.8) is 0 Å². The normalized spacial score (nSPS) is 14.2. The zero-order chi connectivity index (χ0) is 17.3. The summed E-state index contributed by atoms with van der Waals surface area (Å²) < 4.78 is 32.3. The molecule has 0 saturated carbocycles. The van der Waals surface area contributed by atoms with Crippen LogP contribution in [0.3, 0.4) is 0 Å². The molecule has 1 aliphatic rings. The molecule has 0 spiro atoms. The highest BCUT2D eigenvalue weighted by molar-refractivity contribution is 7.89. The van der Waals surface area contributed by atoms with Crippen molar-refractivity contribution in [3.8, 4) is 0 Å². The topological polar surface area (TPSA) is 70.8 Å². The molecule has 2 aromatic rings. The number of hydrogen-bond acceptors (Lipinski definition) is 4. The monoisotopic (exact) mass is 348 g/mol. The highest BCUT2D eigenvalue weighted by atomic mass is 32.2. The van der Waals surface area contributed by atoms with Crippen molar-refractivity contribution in [1.29, 1.82) is 0 Å². The van der Waals surface area contributed by atoms with Crippen molar-refractivity contribution in [2.75, 3.05) is 18.0 Å². The van der Waals surface area contributed by atoms with Gasteiger partial charge in [0.1, 0.15) is 0 Å². The van der Waals surface area contributed by atoms with Crippen LogP contribution in [0.5, 0.6) is 0 Å². The Kier molecular flexibility index (Phi) is 4.47. The Bertz CT molecular complexity index is 843. The summed E-state index contributed by atoms with van der Waals surface area (Å²) in [5, 5.41) is 0. The van der Waals surface area contributed by atoms with Gasteiger partial charge in [-0.1, -0.05) is 13.0 Å². The summed E-state index contributed by atoms with van der Waals surface area (Å²) in [6.07, 6.45) is 3.82. The van der Waals surface area contributed by atoms with Gasteiger partial charge in [-0.25, -0.2) is 8.42 Å². The molecular weight excluding hydrogens is 328 g/mol. The molecule has 1 amide bonds. The van der Waals surface area contributed by atoms with Crippen LogP contribution < -0.4 is 4.90 Å². The van der Waals surface area contributed by atoms with Gasteiger partial charge in [-0.3, -0.25) is 4.79 Å². The third-order valence-electron chi connectivity index (χ3n) is 4.26. The number of benzene rings is 1. The second kappa shape index (κ2) is 6.41. The molecular formula is C17H20N2O4S. The van der Waals surface area contributed by atoms with Crippen molar-refractivity contribution in [3.05, 3.63) is 47.9 Å². The zero-order valence-electron chi connectivity index (χ0n) is 13.7. The van der Waals surface area contributed by atoms with Gasteiger partial charge in [-0.05, 0) is 30.2 Å². The lowest BCUT2D eigenvalue weighted by atomic mass is 10.2. The van der Waals surface area contributed by atoms with Crippen LogP contribution in [0.15, 0.2) is 46.1 Å². The van der Waals surface area contributed by atoms with Crippen molar-refractivity contribution >= 4 is 21.6 Å². The maximum atomic E-state index is 13.0. The fraction of sp³-hybridized carbons (Fsp3) is 0.353. The van der Waals surface area contributed by atoms with E-state index in [2.05, 4.69) is 0 Å². The Hall–Kier alpha value is -2.12. The highest BCUT2D eigenvalue weighted by Gasteiger charge is 2.28. The Balaban J connectivity index is 1.95. The molecule has 0 saturated heterocycles. The van der Waals surface area contributed by atoms with Gasteiger partial charge in [-0.15, -0.1) is 0 Å². The minimum absolute atomic E-state index is 0.0750. The fourth-order valence-electron chi connectivity index (χ4n) is 2.95. The summed E-state index contributed by atoms with van der Waals surface area (Å²) in [4.78, 5) is 13.6. The van der Waals surface area contributed by atoms with Crippen LogP contribution in [0, 0.1) is 0 Å². The van der Waals surface area contributed by atoms with Gasteiger partial charge in [-0.2, -0.15) is 4.31 Å². The standard InChI is InChI=1S/C17H20N2O4S/c1-3-18(11-14-7-9-23-12-14)24(21,22)16-5-4-15-6-8-19(13(2)20)17(15)10-16/h4-5,7,9-10,12H,3,6,8,11H2,1-2H3. The Morgan fingerprint density at radius 1 is 1.33 bits per heavy atom. The van der Waals surface area contributed by atoms with Crippen LogP contribution in [0.25, 0.3) is 0 Å². The Morgan fingerprint density at radius 3 is 2.75 bits per heavy atom. The minimum Gasteiger partial charge on any atom is -0.472 e. The lowest BCUT2D eigenvalue weighted by Gasteiger charge is -2.21. The smallest absolute Gasteiger partial charge is 0.243 e. The third-order valence-corrected chi connectivity index (χ3v) is 6.18. The van der Waals surface area contributed by atoms with Crippen LogP contribution in [0.4, 0.5) is 5.69 Å². The number of hydrogen-bond donors (Lipinski definition) is 0. The molecule has 0 fully saturated rings. The quantitative estimate of drug-likeness (QED) is 0.832. The maximum absolute atomic E-state index is 13.0. The average molecular weight is 348 g/mol. The first-order chi connectivity index (χ1) is 11.4. The van der Waals surface area contributed by atoms with E-state index in [4.69, 9.17) is 4.42 Å². The molecule has 24 heavy (non-hydrogen) atoms. The lowest BCUT2D eigenvalue weighted by molar-refractivity contribution is -0.116. The van der Waals surface area contributed by atoms with E-state index in [-0.39, 0.29) is 17.3 Å². The summed E-state index contributed by atoms with van der Waals surface area (Å²) in [7, 11) is -3.64. The van der Waals surface area contributed by atoms with E-state index in [9.17, 15) is 13.2 Å². The number of carbonyl (C=O) groups is 1. The molecule has 0 atom stereocenters. The summed E-state index contributed by atoms with van der Waals surface area (Å²) in [5.74, 6) is -0.0750. The third kappa shape index (κ3) is 2.97. The molecule has 3 rings (SSSR count). The zero-order valence-corrected chi connectivity index (χ0v) is 14.5. The predicted molar refractivity (Wildman–Crippen MR) is 90.2 cm³/mol. The number of anilines is 1. The highest BCUT2D eigenvalue weighted by Crippen LogP contribution is 2.31. The summed E-state index contributed by atoms with van der Waals surface area (Å²) in [6.45, 7) is 4.49. The first-order valence-corrected chi connectivity index (χ1v) is 9.29. The van der Waals surface area contributed by atoms with E-state index in [1.54, 1.807) is 42.4 Å². The SMILES string of the molecule is CCN(Cc1ccoc1)S(=O)(=O)c1ccc2c(c1)N(C(C)=O)CC2. The molecule has 0 unspecified atom stereocenters. The minimum atomic E-state index is -3.64. The number of carbonyl (C=O) groups excluding carboxylic acids is 1. The first kappa shape index (κ1) is 16.7. The van der Waals surface area contributed by atoms with Gasteiger partial charge in [0, 0.05) is 37.8 Å². The second-order valence-electron chi connectivity index (χ2n) is 5.77. The number of nitrogens with zero attached hydrogens (tertiary/aromatic N) is 2. The van der Waals surface area contributed by atoms with Gasteiger partial charge < -0.3 is 9.32 Å². The van der Waals surface area contributed by atoms with Gasteiger partial charge in [0.25, 0.3) is 0 Å². The number of fused-ring (bicyclic) bond motifs is 1. The van der Waals surface area contributed by atoms with Gasteiger partial charge >= 0.3 is 0 Å². The number of furan rings is 1. The summed E-state index contributed by atoms with van der Waals surface area (Å²) in [5.41, 5.74) is 2.50. The van der Waals surface area contributed by atoms with Gasteiger partial charge in [0.2, 0.25) is 15.9 Å². The van der Waals surface area contributed by atoms with E-state index in [0.29, 0.717) is 18.8 Å². The van der Waals surface area contributed by atoms with E-state index < -0.39 is 10.0 Å². The molecule has 0 radical (unpaired) electrons. The van der Waals surface area contributed by atoms with Crippen LogP contribution in [0.1, 0.15) is 25.0 Å². The lowest BCUT2D eigenvalue weighted by Crippen LogP contribution is -2.30. The molecule has 1 aliphatic heterocycles. The first-order valence-electron chi connectivity index (χ1n) is 7.85. The predicted octanol–water partition coefficient (Wildman–Crippen LogP) is 2.40. The van der Waals surface area contributed by atoms with Crippen LogP contribution in [-0.2, 0) is 27.8 Å². The van der Waals surface area contributed by atoms with Crippen molar-refractivity contribution < 1.29 is 17.6 Å². The van der Waals surface area contributed by atoms with E-state index >= 15 is 0 Å². The largest absolute Gasteiger partial charge is 0.472 e. The molecule has 0 N–H and O–H groups in total. The number of amides is 1. The summed E-state index contributed by atoms with van der Waals surface area (Å²) >= 11 is 0. The molecule has 128 valence electrons.